The molecule has 1 saturated carbocycles. The van der Waals surface area contributed by atoms with E-state index < -0.39 is 0 Å². The van der Waals surface area contributed by atoms with Crippen LogP contribution >= 0.6 is 46.1 Å². The van der Waals surface area contributed by atoms with Gasteiger partial charge in [-0.25, -0.2) is 0 Å². The zero-order valence-corrected chi connectivity index (χ0v) is 13.1. The van der Waals surface area contributed by atoms with Crippen molar-refractivity contribution in [2.24, 2.45) is 0 Å². The Bertz CT molecular complexity index is 581. The molecule has 0 spiro atoms. The van der Waals surface area contributed by atoms with E-state index in [0.29, 0.717) is 21.1 Å². The Labute approximate surface area is 131 Å². The highest BCUT2D eigenvalue weighted by Crippen LogP contribution is 2.40. The molecule has 1 nitrogen and oxygen atoms in total. The van der Waals surface area contributed by atoms with E-state index in [1.807, 2.05) is 0 Å². The minimum Gasteiger partial charge on any atom is -0.309 e. The lowest BCUT2D eigenvalue weighted by Gasteiger charge is -2.05. The number of halogens is 3. The monoisotopic (exact) mass is 331 g/mol. The van der Waals surface area contributed by atoms with Crippen LogP contribution in [-0.4, -0.2) is 6.04 Å². The van der Waals surface area contributed by atoms with E-state index in [1.165, 1.54) is 17.7 Å². The molecule has 2 aromatic rings. The molecule has 0 radical (unpaired) electrons. The molecule has 0 saturated heterocycles. The van der Waals surface area contributed by atoms with Crippen molar-refractivity contribution in [2.75, 3.05) is 0 Å². The Morgan fingerprint density at radius 2 is 1.79 bits per heavy atom. The van der Waals surface area contributed by atoms with Crippen LogP contribution in [-0.2, 0) is 6.54 Å². The van der Waals surface area contributed by atoms with Crippen LogP contribution in [0.25, 0.3) is 10.4 Å². The molecule has 1 heterocycles. The molecule has 0 aliphatic heterocycles. The lowest BCUT2D eigenvalue weighted by Crippen LogP contribution is -2.14. The molecule has 1 aromatic carbocycles. The maximum absolute atomic E-state index is 6.24. The van der Waals surface area contributed by atoms with Crippen molar-refractivity contribution >= 4 is 46.1 Å². The number of nitrogens with one attached hydrogen (secondary N) is 1. The minimum absolute atomic E-state index is 0.561. The summed E-state index contributed by atoms with van der Waals surface area (Å²) in [5.41, 5.74) is 0.871. The second kappa shape index (κ2) is 5.63. The van der Waals surface area contributed by atoms with Gasteiger partial charge in [0.1, 0.15) is 0 Å². The predicted molar refractivity (Wildman–Crippen MR) is 84.6 cm³/mol. The van der Waals surface area contributed by atoms with Gasteiger partial charge < -0.3 is 5.32 Å². The van der Waals surface area contributed by atoms with Crippen molar-refractivity contribution < 1.29 is 0 Å². The van der Waals surface area contributed by atoms with Gasteiger partial charge in [-0.05, 0) is 37.1 Å². The summed E-state index contributed by atoms with van der Waals surface area (Å²) in [6.45, 7) is 0.915. The third-order valence-corrected chi connectivity index (χ3v) is 4.97. The number of benzene rings is 1. The molecule has 19 heavy (non-hydrogen) atoms. The van der Waals surface area contributed by atoms with Crippen molar-refractivity contribution in [2.45, 2.75) is 25.4 Å². The van der Waals surface area contributed by atoms with Crippen LogP contribution in [0.5, 0.6) is 0 Å². The molecule has 0 bridgehead atoms. The standard InChI is InChI=1S/C14H12Cl3NS/c15-8-5-11(16)14(12(17)6-8)13-4-3-10(19-13)7-18-9-1-2-9/h3-6,9,18H,1-2,7H2. The molecule has 1 fully saturated rings. The Morgan fingerprint density at radius 1 is 1.11 bits per heavy atom. The van der Waals surface area contributed by atoms with E-state index >= 15 is 0 Å². The van der Waals surface area contributed by atoms with Crippen LogP contribution in [0.4, 0.5) is 0 Å². The van der Waals surface area contributed by atoms with Crippen LogP contribution in [0.2, 0.25) is 15.1 Å². The summed E-state index contributed by atoms with van der Waals surface area (Å²) in [5, 5.41) is 5.26. The van der Waals surface area contributed by atoms with Crippen molar-refractivity contribution in [1.82, 2.24) is 5.32 Å². The molecule has 0 atom stereocenters. The molecule has 1 aliphatic carbocycles. The van der Waals surface area contributed by atoms with Crippen LogP contribution < -0.4 is 5.32 Å². The minimum atomic E-state index is 0.561. The van der Waals surface area contributed by atoms with Gasteiger partial charge in [-0.2, -0.15) is 0 Å². The van der Waals surface area contributed by atoms with E-state index in [-0.39, 0.29) is 0 Å². The Hall–Kier alpha value is -0.250. The lowest BCUT2D eigenvalue weighted by atomic mass is 10.2. The molecule has 1 aromatic heterocycles. The third kappa shape index (κ3) is 3.26. The van der Waals surface area contributed by atoms with E-state index in [9.17, 15) is 0 Å². The van der Waals surface area contributed by atoms with Gasteiger partial charge in [0, 0.05) is 32.9 Å². The molecule has 100 valence electrons. The van der Waals surface area contributed by atoms with Crippen LogP contribution in [0.1, 0.15) is 17.7 Å². The Balaban J connectivity index is 1.85. The summed E-state index contributed by atoms with van der Waals surface area (Å²) >= 11 is 20.1. The first kappa shape index (κ1) is 13.7. The van der Waals surface area contributed by atoms with Crippen molar-refractivity contribution in [3.8, 4) is 10.4 Å². The highest BCUT2D eigenvalue weighted by Gasteiger charge is 2.20. The van der Waals surface area contributed by atoms with E-state index in [4.69, 9.17) is 34.8 Å². The molecule has 0 unspecified atom stereocenters. The summed E-state index contributed by atoms with van der Waals surface area (Å²) in [6, 6.07) is 8.36. The number of hydrogen-bond acceptors (Lipinski definition) is 2. The fourth-order valence-corrected chi connectivity index (χ4v) is 4.08. The largest absolute Gasteiger partial charge is 0.309 e. The summed E-state index contributed by atoms with van der Waals surface area (Å²) in [7, 11) is 0. The van der Waals surface area contributed by atoms with E-state index in [2.05, 4.69) is 17.4 Å². The molecule has 0 amide bonds. The van der Waals surface area contributed by atoms with E-state index in [1.54, 1.807) is 23.5 Å². The molecule has 1 aliphatic rings. The first-order chi connectivity index (χ1) is 9.13. The summed E-state index contributed by atoms with van der Waals surface area (Å²) in [5.74, 6) is 0. The van der Waals surface area contributed by atoms with E-state index in [0.717, 1.165) is 17.0 Å². The maximum atomic E-state index is 6.24. The number of hydrogen-bond donors (Lipinski definition) is 1. The first-order valence-corrected chi connectivity index (χ1v) is 8.05. The number of thiophene rings is 1. The summed E-state index contributed by atoms with van der Waals surface area (Å²) < 4.78 is 0. The SMILES string of the molecule is Clc1cc(Cl)c(-c2ccc(CNC3CC3)s2)c(Cl)c1. The average molecular weight is 333 g/mol. The Morgan fingerprint density at radius 3 is 2.42 bits per heavy atom. The first-order valence-electron chi connectivity index (χ1n) is 6.10. The summed E-state index contributed by atoms with van der Waals surface area (Å²) in [4.78, 5) is 2.38. The quantitative estimate of drug-likeness (QED) is 0.765. The maximum Gasteiger partial charge on any atom is 0.0522 e. The van der Waals surface area contributed by atoms with Crippen molar-refractivity contribution in [1.29, 1.82) is 0 Å². The fourth-order valence-electron chi connectivity index (χ4n) is 1.92. The lowest BCUT2D eigenvalue weighted by molar-refractivity contribution is 0.695. The second-order valence-electron chi connectivity index (χ2n) is 4.67. The third-order valence-electron chi connectivity index (χ3n) is 3.06. The second-order valence-corrected chi connectivity index (χ2v) is 7.08. The predicted octanol–water partition coefficient (Wildman–Crippen LogP) is 5.63. The number of rotatable bonds is 4. The summed E-state index contributed by atoms with van der Waals surface area (Å²) in [6.07, 6.45) is 2.60. The van der Waals surface area contributed by atoms with Gasteiger partial charge in [0.2, 0.25) is 0 Å². The van der Waals surface area contributed by atoms with Gasteiger partial charge >= 0.3 is 0 Å². The van der Waals surface area contributed by atoms with Gasteiger partial charge in [0.25, 0.3) is 0 Å². The van der Waals surface area contributed by atoms with Crippen molar-refractivity contribution in [3.63, 3.8) is 0 Å². The molecule has 5 heteroatoms. The topological polar surface area (TPSA) is 12.0 Å². The zero-order chi connectivity index (χ0) is 13.4. The van der Waals surface area contributed by atoms with Crippen LogP contribution in [0, 0.1) is 0 Å². The van der Waals surface area contributed by atoms with Crippen LogP contribution in [0.3, 0.4) is 0 Å². The molecular formula is C14H12Cl3NS. The highest BCUT2D eigenvalue weighted by molar-refractivity contribution is 7.15. The highest BCUT2D eigenvalue weighted by atomic mass is 35.5. The Kier molecular flexibility index (Phi) is 4.06. The van der Waals surface area contributed by atoms with Gasteiger partial charge in [-0.3, -0.25) is 0 Å². The van der Waals surface area contributed by atoms with Gasteiger partial charge in [-0.15, -0.1) is 11.3 Å². The fraction of sp³-hybridized carbons (Fsp3) is 0.286. The normalized spacial score (nSPS) is 14.9. The molecule has 3 rings (SSSR count). The van der Waals surface area contributed by atoms with Crippen molar-refractivity contribution in [3.05, 3.63) is 44.2 Å². The van der Waals surface area contributed by atoms with Gasteiger partial charge in [-0.1, -0.05) is 34.8 Å². The molecule has 1 N–H and O–H groups in total. The van der Waals surface area contributed by atoms with Gasteiger partial charge in [0.15, 0.2) is 0 Å². The zero-order valence-electron chi connectivity index (χ0n) is 10.1. The van der Waals surface area contributed by atoms with Crippen LogP contribution in [0.15, 0.2) is 24.3 Å². The average Bonchev–Trinajstić information content (AvgIpc) is 3.05. The molecular weight excluding hydrogens is 321 g/mol. The smallest absolute Gasteiger partial charge is 0.0522 e. The van der Waals surface area contributed by atoms with Gasteiger partial charge in [0.05, 0.1) is 10.0 Å².